The Bertz CT molecular complexity index is 211. The Labute approximate surface area is 95.6 Å². The molecule has 0 saturated carbocycles. The summed E-state index contributed by atoms with van der Waals surface area (Å²) in [6.07, 6.45) is 2.42. The molecule has 0 bridgehead atoms. The van der Waals surface area contributed by atoms with Crippen LogP contribution in [0.2, 0.25) is 0 Å². The molecule has 0 aliphatic heterocycles. The molecule has 0 radical (unpaired) electrons. The summed E-state index contributed by atoms with van der Waals surface area (Å²) in [5, 5.41) is 16.7. The van der Waals surface area contributed by atoms with E-state index in [1.165, 1.54) is 0 Å². The fourth-order valence-electron chi connectivity index (χ4n) is 0.789. The van der Waals surface area contributed by atoms with Crippen LogP contribution in [0.25, 0.3) is 0 Å². The Morgan fingerprint density at radius 2 is 1.40 bits per heavy atom. The lowest BCUT2D eigenvalue weighted by atomic mass is 10.2. The van der Waals surface area contributed by atoms with Gasteiger partial charge in [0.05, 0.1) is 24.3 Å². The first-order chi connectivity index (χ1) is 7.20. The Balaban J connectivity index is 3.37. The molecule has 5 heteroatoms. The van der Waals surface area contributed by atoms with Gasteiger partial charge in [-0.05, 0) is 26.7 Å². The maximum absolute atomic E-state index is 8.35. The van der Waals surface area contributed by atoms with Gasteiger partial charge in [-0.1, -0.05) is 0 Å². The maximum atomic E-state index is 8.35. The topological polar surface area (TPSA) is 66.0 Å². The summed E-state index contributed by atoms with van der Waals surface area (Å²) in [5.41, 5.74) is 0. The molecule has 0 fully saturated rings. The Hall–Kier alpha value is -0.750. The third-order valence-electron chi connectivity index (χ3n) is 1.73. The van der Waals surface area contributed by atoms with Crippen LogP contribution in [-0.4, -0.2) is 12.2 Å². The second kappa shape index (κ2) is 9.79. The minimum absolute atomic E-state index is 0.0119. The largest absolute Gasteiger partial charge is 0.288 e. The number of hydrogen-bond acceptors (Lipinski definition) is 5. The van der Waals surface area contributed by atoms with Crippen molar-refractivity contribution in [3.8, 4) is 12.1 Å². The van der Waals surface area contributed by atoms with Crippen LogP contribution < -0.4 is 0 Å². The Morgan fingerprint density at radius 1 is 1.00 bits per heavy atom. The zero-order valence-corrected chi connectivity index (χ0v) is 9.92. The van der Waals surface area contributed by atoms with Crippen molar-refractivity contribution >= 4 is 12.3 Å². The van der Waals surface area contributed by atoms with E-state index in [9.17, 15) is 0 Å². The molecule has 4 nitrogen and oxygen atoms in total. The summed E-state index contributed by atoms with van der Waals surface area (Å²) >= 11 is 0.952. The molecule has 0 spiro atoms. The third-order valence-corrected chi connectivity index (χ3v) is 2.55. The first kappa shape index (κ1) is 14.2. The number of nitrogens with zero attached hydrogens (tertiary/aromatic N) is 2. The first-order valence-electron chi connectivity index (χ1n) is 4.93. The predicted molar refractivity (Wildman–Crippen MR) is 58.4 cm³/mol. The zero-order valence-electron chi connectivity index (χ0n) is 9.10. The molecule has 0 aliphatic rings. The van der Waals surface area contributed by atoms with E-state index in [0.29, 0.717) is 25.7 Å². The van der Waals surface area contributed by atoms with Crippen LogP contribution in [0, 0.1) is 22.7 Å². The summed E-state index contributed by atoms with van der Waals surface area (Å²) in [5.74, 6) is 0. The van der Waals surface area contributed by atoms with Crippen molar-refractivity contribution in [1.29, 1.82) is 10.5 Å². The van der Waals surface area contributed by atoms with Gasteiger partial charge < -0.3 is 0 Å². The summed E-state index contributed by atoms with van der Waals surface area (Å²) < 4.78 is 10.5. The number of nitriles is 2. The molecule has 0 aliphatic carbocycles. The van der Waals surface area contributed by atoms with Crippen LogP contribution in [0.15, 0.2) is 0 Å². The van der Waals surface area contributed by atoms with Gasteiger partial charge in [0.2, 0.25) is 0 Å². The molecule has 84 valence electrons. The molecule has 0 aromatic carbocycles. The second-order valence-electron chi connectivity index (χ2n) is 3.28. The smallest absolute Gasteiger partial charge is 0.159 e. The summed E-state index contributed by atoms with van der Waals surface area (Å²) in [4.78, 5) is 0. The van der Waals surface area contributed by atoms with Crippen molar-refractivity contribution in [2.45, 2.75) is 51.7 Å². The fourth-order valence-corrected chi connectivity index (χ4v) is 1.29. The molecule has 0 heterocycles. The van der Waals surface area contributed by atoms with E-state index in [-0.39, 0.29) is 12.2 Å². The normalized spacial score (nSPS) is 13.9. The van der Waals surface area contributed by atoms with Gasteiger partial charge >= 0.3 is 0 Å². The molecule has 15 heavy (non-hydrogen) atoms. The van der Waals surface area contributed by atoms with E-state index in [2.05, 4.69) is 12.1 Å². The second-order valence-corrected chi connectivity index (χ2v) is 3.80. The van der Waals surface area contributed by atoms with Crippen LogP contribution in [-0.2, 0) is 8.37 Å². The SMILES string of the molecule is CC(CCC#N)OSOC(C)CCC#N. The van der Waals surface area contributed by atoms with Crippen LogP contribution in [0.5, 0.6) is 0 Å². The van der Waals surface area contributed by atoms with Gasteiger partial charge in [-0.3, -0.25) is 8.37 Å². The average molecular weight is 228 g/mol. The lowest BCUT2D eigenvalue weighted by Crippen LogP contribution is -2.07. The molecular formula is C10H16N2O2S. The molecule has 0 amide bonds. The minimum Gasteiger partial charge on any atom is -0.288 e. The van der Waals surface area contributed by atoms with Crippen molar-refractivity contribution in [2.24, 2.45) is 0 Å². The predicted octanol–water partition coefficient (Wildman–Crippen LogP) is 2.97. The van der Waals surface area contributed by atoms with Gasteiger partial charge in [-0.15, -0.1) is 0 Å². The Morgan fingerprint density at radius 3 is 1.73 bits per heavy atom. The fraction of sp³-hybridized carbons (Fsp3) is 0.800. The van der Waals surface area contributed by atoms with Crippen molar-refractivity contribution < 1.29 is 8.37 Å². The highest BCUT2D eigenvalue weighted by Crippen LogP contribution is 2.16. The highest BCUT2D eigenvalue weighted by atomic mass is 32.2. The first-order valence-corrected chi connectivity index (χ1v) is 5.60. The van der Waals surface area contributed by atoms with E-state index < -0.39 is 0 Å². The summed E-state index contributed by atoms with van der Waals surface area (Å²) in [6.45, 7) is 3.79. The van der Waals surface area contributed by atoms with Crippen molar-refractivity contribution in [2.75, 3.05) is 0 Å². The van der Waals surface area contributed by atoms with Gasteiger partial charge in [0, 0.05) is 12.8 Å². The molecule has 0 aromatic heterocycles. The van der Waals surface area contributed by atoms with Crippen molar-refractivity contribution in [1.82, 2.24) is 0 Å². The van der Waals surface area contributed by atoms with Gasteiger partial charge in [-0.2, -0.15) is 10.5 Å². The molecule has 0 aromatic rings. The van der Waals surface area contributed by atoms with E-state index in [1.54, 1.807) is 0 Å². The van der Waals surface area contributed by atoms with Crippen LogP contribution >= 0.6 is 12.3 Å². The quantitative estimate of drug-likeness (QED) is 0.597. The summed E-state index contributed by atoms with van der Waals surface area (Å²) in [6, 6.07) is 4.12. The molecule has 0 saturated heterocycles. The van der Waals surface area contributed by atoms with Crippen molar-refractivity contribution in [3.05, 3.63) is 0 Å². The van der Waals surface area contributed by atoms with Crippen LogP contribution in [0.1, 0.15) is 39.5 Å². The van der Waals surface area contributed by atoms with E-state index in [1.807, 2.05) is 13.8 Å². The van der Waals surface area contributed by atoms with E-state index >= 15 is 0 Å². The van der Waals surface area contributed by atoms with Gasteiger partial charge in [-0.25, -0.2) is 0 Å². The van der Waals surface area contributed by atoms with Gasteiger partial charge in [0.1, 0.15) is 0 Å². The highest BCUT2D eigenvalue weighted by Gasteiger charge is 2.06. The standard InChI is InChI=1S/C10H16N2O2S/c1-9(5-3-7-11)13-15-14-10(2)6-4-8-12/h9-10H,3-6H2,1-2H3. The number of rotatable bonds is 8. The number of hydrogen-bond donors (Lipinski definition) is 0. The highest BCUT2D eigenvalue weighted by molar-refractivity contribution is 7.89. The molecular weight excluding hydrogens is 212 g/mol. The molecule has 0 rings (SSSR count). The lowest BCUT2D eigenvalue weighted by Gasteiger charge is -2.12. The minimum atomic E-state index is 0.0119. The van der Waals surface area contributed by atoms with Crippen LogP contribution in [0.4, 0.5) is 0 Å². The molecule has 2 unspecified atom stereocenters. The average Bonchev–Trinajstić information content (AvgIpc) is 2.23. The monoisotopic (exact) mass is 228 g/mol. The lowest BCUT2D eigenvalue weighted by molar-refractivity contribution is 0.181. The summed E-state index contributed by atoms with van der Waals surface area (Å²) in [7, 11) is 0. The Kier molecular flexibility index (Phi) is 9.30. The molecule has 0 N–H and O–H groups in total. The molecule has 2 atom stereocenters. The van der Waals surface area contributed by atoms with Gasteiger partial charge in [0.25, 0.3) is 0 Å². The van der Waals surface area contributed by atoms with Crippen LogP contribution in [0.3, 0.4) is 0 Å². The zero-order chi connectivity index (χ0) is 11.5. The van der Waals surface area contributed by atoms with E-state index in [0.717, 1.165) is 12.3 Å². The third kappa shape index (κ3) is 9.55. The van der Waals surface area contributed by atoms with E-state index in [4.69, 9.17) is 18.9 Å². The van der Waals surface area contributed by atoms with Crippen molar-refractivity contribution in [3.63, 3.8) is 0 Å². The maximum Gasteiger partial charge on any atom is 0.159 e. The van der Waals surface area contributed by atoms with Gasteiger partial charge in [0.15, 0.2) is 12.3 Å².